The zero-order chi connectivity index (χ0) is 47.9. The van der Waals surface area contributed by atoms with E-state index in [0.717, 1.165) is 50.9 Å². The van der Waals surface area contributed by atoms with Gasteiger partial charge in [-0.25, -0.2) is 27.7 Å². The van der Waals surface area contributed by atoms with E-state index >= 15 is 0 Å². The molecule has 4 amide bonds. The highest BCUT2D eigenvalue weighted by Gasteiger charge is 2.45. The Labute approximate surface area is 390 Å². The second-order valence-corrected chi connectivity index (χ2v) is 21.7. The van der Waals surface area contributed by atoms with E-state index in [1.807, 2.05) is 52.1 Å². The van der Waals surface area contributed by atoms with Gasteiger partial charge in [0.05, 0.1) is 53.0 Å². The number of hydrazine groups is 1. The van der Waals surface area contributed by atoms with Gasteiger partial charge in [0.2, 0.25) is 27.6 Å². The molecular formula is C46H63N9O9S2. The molecule has 4 aromatic rings. The number of ether oxygens (including phenoxy) is 2. The summed E-state index contributed by atoms with van der Waals surface area (Å²) in [7, 11) is -0.264. The Balaban J connectivity index is 1.23. The number of cyclic esters (lactones) is 1. The van der Waals surface area contributed by atoms with E-state index in [9.17, 15) is 32.7 Å². The first-order valence-corrected chi connectivity index (χ1v) is 25.2. The number of aromatic nitrogens is 3. The molecule has 3 aliphatic heterocycles. The molecule has 0 aliphatic carbocycles. The van der Waals surface area contributed by atoms with E-state index in [1.165, 1.54) is 33.2 Å². The Kier molecular flexibility index (Phi) is 14.3. The van der Waals surface area contributed by atoms with Gasteiger partial charge in [-0.15, -0.1) is 11.3 Å². The van der Waals surface area contributed by atoms with Gasteiger partial charge in [-0.1, -0.05) is 33.8 Å². The molecule has 0 radical (unpaired) electrons. The predicted molar refractivity (Wildman–Crippen MR) is 250 cm³/mol. The first kappa shape index (κ1) is 48.9. The summed E-state index contributed by atoms with van der Waals surface area (Å²) in [5.41, 5.74) is 6.32. The number of methoxy groups -OCH3 is 1. The second-order valence-electron chi connectivity index (χ2n) is 18.9. The number of aryl methyl sites for hydroxylation is 1. The van der Waals surface area contributed by atoms with Crippen LogP contribution < -0.4 is 15.5 Å². The molecule has 66 heavy (non-hydrogen) atoms. The minimum atomic E-state index is -3.45. The van der Waals surface area contributed by atoms with Crippen molar-refractivity contribution in [3.8, 4) is 22.5 Å². The quantitative estimate of drug-likeness (QED) is 0.157. The average Bonchev–Trinajstić information content (AvgIpc) is 3.85. The molecule has 0 unspecified atom stereocenters. The summed E-state index contributed by atoms with van der Waals surface area (Å²) >= 11 is 1.39. The van der Waals surface area contributed by atoms with Crippen molar-refractivity contribution in [2.45, 2.75) is 97.7 Å². The van der Waals surface area contributed by atoms with Gasteiger partial charge in [0.25, 0.3) is 0 Å². The van der Waals surface area contributed by atoms with Crippen LogP contribution in [0.4, 0.5) is 4.79 Å². The molecule has 7 rings (SSSR count). The zero-order valence-electron chi connectivity index (χ0n) is 39.2. The number of urea groups is 1. The molecular weight excluding hydrogens is 887 g/mol. The maximum Gasteiger partial charge on any atom is 0.355 e. The first-order chi connectivity index (χ1) is 31.1. The number of nitrogens with one attached hydrogen (secondary N) is 3. The van der Waals surface area contributed by atoms with E-state index in [4.69, 9.17) is 19.4 Å². The van der Waals surface area contributed by atoms with E-state index in [-0.39, 0.29) is 57.6 Å². The summed E-state index contributed by atoms with van der Waals surface area (Å²) < 4.78 is 39.9. The molecule has 3 aromatic heterocycles. The van der Waals surface area contributed by atoms with Crippen LogP contribution in [0, 0.1) is 17.3 Å². The second kappa shape index (κ2) is 19.3. The van der Waals surface area contributed by atoms with Crippen LogP contribution in [0.3, 0.4) is 0 Å². The van der Waals surface area contributed by atoms with Crippen LogP contribution in [-0.4, -0.2) is 138 Å². The highest BCUT2D eigenvalue weighted by Crippen LogP contribution is 2.42. The lowest BCUT2D eigenvalue weighted by Gasteiger charge is -2.43. The molecule has 2 saturated heterocycles. The third-order valence-electron chi connectivity index (χ3n) is 12.7. The Bertz CT molecular complexity index is 2590. The van der Waals surface area contributed by atoms with Crippen molar-refractivity contribution in [3.05, 3.63) is 58.2 Å². The van der Waals surface area contributed by atoms with Crippen LogP contribution in [-0.2, 0) is 53.3 Å². The van der Waals surface area contributed by atoms with Gasteiger partial charge in [-0.2, -0.15) is 5.43 Å². The number of hydrogen-bond donors (Lipinski definition) is 4. The normalized spacial score (nSPS) is 21.5. The lowest BCUT2D eigenvalue weighted by atomic mass is 9.84. The Hall–Kier alpha value is -4.99. The highest BCUT2D eigenvalue weighted by molar-refractivity contribution is 7.88. The van der Waals surface area contributed by atoms with E-state index < -0.39 is 63.0 Å². The van der Waals surface area contributed by atoms with E-state index in [0.29, 0.717) is 24.4 Å². The number of esters is 1. The van der Waals surface area contributed by atoms with E-state index in [1.54, 1.807) is 13.3 Å². The van der Waals surface area contributed by atoms with Crippen LogP contribution in [0.5, 0.6) is 0 Å². The van der Waals surface area contributed by atoms with Gasteiger partial charge in [-0.05, 0) is 62.4 Å². The maximum atomic E-state index is 14.5. The van der Waals surface area contributed by atoms with Gasteiger partial charge in [0.1, 0.15) is 6.04 Å². The third kappa shape index (κ3) is 10.3. The lowest BCUT2D eigenvalue weighted by Crippen LogP contribution is -2.66. The summed E-state index contributed by atoms with van der Waals surface area (Å²) in [4.78, 5) is 68.6. The van der Waals surface area contributed by atoms with Crippen molar-refractivity contribution in [1.82, 2.24) is 44.8 Å². The first-order valence-electron chi connectivity index (χ1n) is 22.5. The molecule has 2 fully saturated rings. The minimum absolute atomic E-state index is 0.00415. The van der Waals surface area contributed by atoms with Gasteiger partial charge < -0.3 is 34.3 Å². The number of aliphatic hydroxyl groups is 1. The molecule has 0 saturated carbocycles. The topological polar surface area (TPSA) is 218 Å². The number of hydrogen-bond acceptors (Lipinski definition) is 13. The number of thiazole rings is 1. The predicted octanol–water partition coefficient (Wildman–Crippen LogP) is 4.08. The number of likely N-dealkylation sites (tertiary alicyclic amines) is 1. The number of sulfonamides is 1. The van der Waals surface area contributed by atoms with Gasteiger partial charge in [-0.3, -0.25) is 19.6 Å². The molecule has 3 aliphatic rings. The molecule has 6 bridgehead atoms. The number of pyridine rings is 1. The molecule has 20 heteroatoms. The summed E-state index contributed by atoms with van der Waals surface area (Å²) in [6.45, 7) is 12.7. The number of rotatable bonds is 11. The molecule has 1 aromatic carbocycles. The number of likely N-dealkylation sites (N-methyl/N-ethyl adjacent to an activating group) is 1. The largest absolute Gasteiger partial charge is 0.462 e. The van der Waals surface area contributed by atoms with Crippen molar-refractivity contribution >= 4 is 56.1 Å². The number of carbonyl (C=O) groups excluding carboxylic acids is 4. The number of amides is 4. The van der Waals surface area contributed by atoms with Gasteiger partial charge >= 0.3 is 12.0 Å². The van der Waals surface area contributed by atoms with Crippen LogP contribution in [0.15, 0.2) is 41.9 Å². The smallest absolute Gasteiger partial charge is 0.355 e. The van der Waals surface area contributed by atoms with Gasteiger partial charge in [0, 0.05) is 98.7 Å². The molecule has 4 atom stereocenters. The fourth-order valence-electron chi connectivity index (χ4n) is 9.33. The summed E-state index contributed by atoms with van der Waals surface area (Å²) in [6, 6.07) is 8.48. The SMILES string of the molecule is CCn1c(-c2cccnc2[C@H](C)OC)c2c3cc(ccc31)-c1csc(n1)C[C@H](CNC(=O)[C@H](C(C)C)N(C)C(=O)N1CC(NS(C)(=O)=O)C1)C(=O)N1CCC[C@@](O)(N1)C(=O)OCC(C)(C)C2. The van der Waals surface area contributed by atoms with Crippen LogP contribution in [0.25, 0.3) is 33.4 Å². The number of nitrogens with zero attached hydrogens (tertiary/aromatic N) is 6. The number of fused-ring (bicyclic) bond motifs is 6. The average molecular weight is 950 g/mol. The van der Waals surface area contributed by atoms with Crippen LogP contribution >= 0.6 is 11.3 Å². The zero-order valence-corrected chi connectivity index (χ0v) is 40.8. The summed E-state index contributed by atoms with van der Waals surface area (Å²) in [5, 5.41) is 19.6. The Morgan fingerprint density at radius 2 is 1.91 bits per heavy atom. The Morgan fingerprint density at radius 3 is 2.59 bits per heavy atom. The van der Waals surface area contributed by atoms with Crippen molar-refractivity contribution in [1.29, 1.82) is 0 Å². The third-order valence-corrected chi connectivity index (χ3v) is 14.3. The molecule has 6 heterocycles. The molecule has 0 spiro atoms. The lowest BCUT2D eigenvalue weighted by molar-refractivity contribution is -0.189. The fraction of sp³-hybridized carbons (Fsp3) is 0.565. The summed E-state index contributed by atoms with van der Waals surface area (Å²) in [6.07, 6.45) is 3.44. The van der Waals surface area contributed by atoms with Crippen molar-refractivity contribution in [2.24, 2.45) is 17.3 Å². The van der Waals surface area contributed by atoms with E-state index in [2.05, 4.69) is 45.2 Å². The van der Waals surface area contributed by atoms with Crippen molar-refractivity contribution < 1.29 is 42.2 Å². The minimum Gasteiger partial charge on any atom is -0.462 e. The molecule has 18 nitrogen and oxygen atoms in total. The number of carbonyl (C=O) groups is 4. The van der Waals surface area contributed by atoms with Gasteiger partial charge in [0.15, 0.2) is 0 Å². The van der Waals surface area contributed by atoms with Crippen molar-refractivity contribution in [3.63, 3.8) is 0 Å². The van der Waals surface area contributed by atoms with Crippen LogP contribution in [0.2, 0.25) is 0 Å². The maximum absolute atomic E-state index is 14.5. The molecule has 4 N–H and O–H groups in total. The highest BCUT2D eigenvalue weighted by atomic mass is 32.2. The fourth-order valence-corrected chi connectivity index (χ4v) is 11.0. The molecule has 358 valence electrons. The number of benzene rings is 1. The summed E-state index contributed by atoms with van der Waals surface area (Å²) in [5.74, 6) is -3.08. The monoisotopic (exact) mass is 949 g/mol. The van der Waals surface area contributed by atoms with Crippen molar-refractivity contribution in [2.75, 3.05) is 53.2 Å². The standard InChI is InChI=1S/C46H63N9O9S2/c1-10-54-36-15-14-29-19-33(36)34(40(54)32-13-11-17-47-38(32)28(4)63-8)21-45(5,6)26-64-43(58)46(60)16-12-18-55(51-46)42(57)30(20-37-49-35(29)25-65-37)22-48-41(56)39(27(2)3)52(7)44(59)53-23-31(24-53)50-66(9,61)62/h11,13-15,17,19,25,27-28,30-31,39,50-51,60H,10,12,16,18,20-24,26H2,1-9H3,(H,48,56)/t28-,30+,39-,46-/m0/s1. The van der Waals surface area contributed by atoms with Crippen LogP contribution in [0.1, 0.15) is 76.8 Å². The Morgan fingerprint density at radius 1 is 1.17 bits per heavy atom.